The van der Waals surface area contributed by atoms with Crippen molar-refractivity contribution in [3.05, 3.63) is 76.4 Å². The summed E-state index contributed by atoms with van der Waals surface area (Å²) in [7, 11) is 0. The maximum Gasteiger partial charge on any atom is 0.184 e. The van der Waals surface area contributed by atoms with Crippen molar-refractivity contribution in [3.63, 3.8) is 0 Å². The van der Waals surface area contributed by atoms with Gasteiger partial charge in [0.15, 0.2) is 28.8 Å². The van der Waals surface area contributed by atoms with E-state index in [0.717, 1.165) is 22.3 Å². The highest BCUT2D eigenvalue weighted by atomic mass is 16.5. The lowest BCUT2D eigenvalue weighted by atomic mass is 9.38. The van der Waals surface area contributed by atoms with Crippen LogP contribution in [0.2, 0.25) is 0 Å². The maximum absolute atomic E-state index is 15.3. The number of aliphatic hydroxyl groups is 1. The second-order valence-corrected chi connectivity index (χ2v) is 14.7. The average Bonchev–Trinajstić information content (AvgIpc) is 2.95. The first-order valence-corrected chi connectivity index (χ1v) is 16.5. The van der Waals surface area contributed by atoms with Crippen molar-refractivity contribution >= 4 is 23.1 Å². The van der Waals surface area contributed by atoms with Crippen LogP contribution in [0.25, 0.3) is 5.76 Å². The van der Waals surface area contributed by atoms with Gasteiger partial charge in [-0.3, -0.25) is 14.4 Å². The van der Waals surface area contributed by atoms with E-state index in [1.165, 1.54) is 18.2 Å². The Morgan fingerprint density at radius 1 is 0.978 bits per heavy atom. The normalized spacial score (nSPS) is 25.3. The van der Waals surface area contributed by atoms with Gasteiger partial charge in [0.1, 0.15) is 16.7 Å². The van der Waals surface area contributed by atoms with Crippen molar-refractivity contribution in [1.29, 1.82) is 0 Å². The van der Waals surface area contributed by atoms with E-state index >= 15 is 9.59 Å². The zero-order valence-electron chi connectivity index (χ0n) is 29.6. The van der Waals surface area contributed by atoms with Crippen molar-refractivity contribution in [2.45, 2.75) is 101 Å². The van der Waals surface area contributed by atoms with Gasteiger partial charge in [0.25, 0.3) is 0 Å². The number of benzene rings is 1. The molecular formula is C40H54O6. The van der Waals surface area contributed by atoms with Gasteiger partial charge in [-0.25, -0.2) is 0 Å². The monoisotopic (exact) mass is 630 g/mol. The molecule has 0 heterocycles. The Morgan fingerprint density at radius 3 is 2.11 bits per heavy atom. The number of rotatable bonds is 12. The molecule has 2 saturated carbocycles. The molecule has 2 bridgehead atoms. The number of carbonyl (C=O) groups excluding carboxylic acids is 3. The van der Waals surface area contributed by atoms with Gasteiger partial charge in [-0.1, -0.05) is 60.9 Å². The van der Waals surface area contributed by atoms with Crippen LogP contribution in [-0.4, -0.2) is 34.2 Å². The third kappa shape index (κ3) is 6.59. The van der Waals surface area contributed by atoms with Crippen LogP contribution < -0.4 is 4.74 Å². The average molecular weight is 631 g/mol. The zero-order valence-corrected chi connectivity index (χ0v) is 29.6. The molecule has 0 unspecified atom stereocenters. The minimum Gasteiger partial charge on any atom is -0.506 e. The van der Waals surface area contributed by atoms with Crippen LogP contribution in [0.1, 0.15) is 107 Å². The molecule has 0 spiro atoms. The number of aliphatic hydroxyl groups excluding tert-OH is 1. The molecule has 6 nitrogen and oxygen atoms in total. The first-order chi connectivity index (χ1) is 21.4. The van der Waals surface area contributed by atoms with Gasteiger partial charge in [0, 0.05) is 5.56 Å². The Hall–Kier alpha value is -3.67. The minimum atomic E-state index is -1.59. The molecule has 0 amide bonds. The molecule has 0 aromatic heterocycles. The summed E-state index contributed by atoms with van der Waals surface area (Å²) < 4.78 is 5.45. The number of fused-ring (bicyclic) bond motifs is 2. The predicted octanol–water partition coefficient (Wildman–Crippen LogP) is 9.45. The summed E-state index contributed by atoms with van der Waals surface area (Å²) in [6, 6.07) is 4.31. The largest absolute Gasteiger partial charge is 0.506 e. The summed E-state index contributed by atoms with van der Waals surface area (Å²) in [5.41, 5.74) is -0.186. The number of Topliss-reactive ketones (excluding diaryl/α,β-unsaturated/α-hetero) is 3. The maximum atomic E-state index is 15.3. The van der Waals surface area contributed by atoms with Gasteiger partial charge in [-0.05, 0) is 123 Å². The number of phenols is 1. The topological polar surface area (TPSA) is 101 Å². The Balaban J connectivity index is 2.45. The third-order valence-electron chi connectivity index (χ3n) is 10.3. The lowest BCUT2D eigenvalue weighted by Gasteiger charge is -2.60. The third-order valence-corrected chi connectivity index (χ3v) is 10.3. The molecule has 2 N–H and O–H groups in total. The van der Waals surface area contributed by atoms with Crippen LogP contribution in [0.4, 0.5) is 0 Å². The fourth-order valence-electron chi connectivity index (χ4n) is 7.35. The molecule has 2 fully saturated rings. The molecule has 250 valence electrons. The van der Waals surface area contributed by atoms with E-state index in [9.17, 15) is 15.0 Å². The first-order valence-electron chi connectivity index (χ1n) is 16.5. The molecule has 46 heavy (non-hydrogen) atoms. The number of allylic oxidation sites excluding steroid dienone is 8. The minimum absolute atomic E-state index is 0.109. The van der Waals surface area contributed by atoms with Crippen LogP contribution in [0, 0.1) is 28.1 Å². The fourth-order valence-corrected chi connectivity index (χ4v) is 7.35. The molecule has 6 heteroatoms. The molecule has 0 saturated heterocycles. The fraction of sp³-hybridized carbons (Fsp3) is 0.525. The molecule has 2 aliphatic rings. The van der Waals surface area contributed by atoms with E-state index in [2.05, 4.69) is 18.7 Å². The van der Waals surface area contributed by atoms with E-state index < -0.39 is 33.6 Å². The van der Waals surface area contributed by atoms with Crippen LogP contribution in [0.15, 0.2) is 70.9 Å². The van der Waals surface area contributed by atoms with Crippen molar-refractivity contribution in [2.24, 2.45) is 28.1 Å². The molecule has 0 radical (unpaired) electrons. The second-order valence-electron chi connectivity index (χ2n) is 14.7. The highest BCUT2D eigenvalue weighted by Crippen LogP contribution is 2.66. The Bertz CT molecular complexity index is 1520. The summed E-state index contributed by atoms with van der Waals surface area (Å²) in [5, 5.41) is 22.5. The highest BCUT2D eigenvalue weighted by molar-refractivity contribution is 6.41. The Morgan fingerprint density at radius 2 is 1.59 bits per heavy atom. The standard InChI is InChI=1S/C40H54O6/c1-12-46-32-18-16-28(21-31(32)41)34(42)33-35(43)39(22-29(27(8)9)15-13-24(2)3)23-30(17-14-25(4)5)38(10,11)40(36(33)44,37(39)45)20-19-26(6)7/h13-14,16,18-19,21,29-30,41-42H,8,12,15,17,20,22-23H2,1-7,9-11H3/b34-33+/t29-,30+,39+,40-/m0/s1. The van der Waals surface area contributed by atoms with E-state index in [-0.39, 0.29) is 59.5 Å². The molecule has 1 aromatic rings. The van der Waals surface area contributed by atoms with E-state index in [1.807, 2.05) is 68.4 Å². The van der Waals surface area contributed by atoms with Gasteiger partial charge in [0.05, 0.1) is 12.0 Å². The van der Waals surface area contributed by atoms with Gasteiger partial charge < -0.3 is 14.9 Å². The van der Waals surface area contributed by atoms with Crippen LogP contribution >= 0.6 is 0 Å². The zero-order chi connectivity index (χ0) is 34.8. The van der Waals surface area contributed by atoms with Crippen molar-refractivity contribution < 1.29 is 29.3 Å². The smallest absolute Gasteiger partial charge is 0.184 e. The quantitative estimate of drug-likeness (QED) is 0.0784. The number of ketones is 3. The van der Waals surface area contributed by atoms with Crippen LogP contribution in [-0.2, 0) is 14.4 Å². The summed E-state index contributed by atoms with van der Waals surface area (Å²) >= 11 is 0. The summed E-state index contributed by atoms with van der Waals surface area (Å²) in [4.78, 5) is 45.3. The molecular weight excluding hydrogens is 576 g/mol. The molecule has 1 aromatic carbocycles. The van der Waals surface area contributed by atoms with Crippen LogP contribution in [0.3, 0.4) is 0 Å². The summed E-state index contributed by atoms with van der Waals surface area (Å²) in [5.74, 6) is -2.51. The first kappa shape index (κ1) is 36.8. The summed E-state index contributed by atoms with van der Waals surface area (Å²) in [6.45, 7) is 24.2. The molecule has 0 aliphatic heterocycles. The highest BCUT2D eigenvalue weighted by Gasteiger charge is 2.74. The lowest BCUT2D eigenvalue weighted by molar-refractivity contribution is -0.177. The van der Waals surface area contributed by atoms with Crippen LogP contribution in [0.5, 0.6) is 11.5 Å². The van der Waals surface area contributed by atoms with Crippen molar-refractivity contribution in [1.82, 2.24) is 0 Å². The number of carbonyl (C=O) groups is 3. The number of ether oxygens (including phenoxy) is 1. The van der Waals surface area contributed by atoms with Gasteiger partial charge >= 0.3 is 0 Å². The van der Waals surface area contributed by atoms with Gasteiger partial charge in [0.2, 0.25) is 0 Å². The van der Waals surface area contributed by atoms with Crippen molar-refractivity contribution in [2.75, 3.05) is 6.61 Å². The number of hydrogen-bond donors (Lipinski definition) is 2. The van der Waals surface area contributed by atoms with Gasteiger partial charge in [-0.15, -0.1) is 0 Å². The summed E-state index contributed by atoms with van der Waals surface area (Å²) in [6.07, 6.45) is 7.94. The van der Waals surface area contributed by atoms with Crippen molar-refractivity contribution in [3.8, 4) is 11.5 Å². The number of hydrogen-bond acceptors (Lipinski definition) is 6. The predicted molar refractivity (Wildman–Crippen MR) is 186 cm³/mol. The van der Waals surface area contributed by atoms with Gasteiger partial charge in [-0.2, -0.15) is 0 Å². The number of aromatic hydroxyl groups is 1. The van der Waals surface area contributed by atoms with E-state index in [0.29, 0.717) is 19.4 Å². The van der Waals surface area contributed by atoms with E-state index in [1.54, 1.807) is 6.92 Å². The molecule has 3 rings (SSSR count). The Labute approximate surface area is 276 Å². The molecule has 2 aliphatic carbocycles. The number of phenolic OH excluding ortho intramolecular Hbond substituents is 1. The SMILES string of the molecule is C=C(C)[C@@H](CC=C(C)C)C[C@@]12C[C@@H](CC=C(C)C)C(C)(C)[C@@](CC=C(C)C)(C(=O)/C(=C(/O)c3ccc(OCC)c(O)c3)C1=O)C2=O. The Kier molecular flexibility index (Phi) is 11.2. The molecule has 4 atom stereocenters. The van der Waals surface area contributed by atoms with E-state index in [4.69, 9.17) is 4.74 Å². The second kappa shape index (κ2) is 14.0. The lowest BCUT2D eigenvalue weighted by Crippen LogP contribution is -2.69.